The third kappa shape index (κ3) is 6.62. The number of benzene rings is 3. The molecule has 0 bridgehead atoms. The highest BCUT2D eigenvalue weighted by Crippen LogP contribution is 2.50. The van der Waals surface area contributed by atoms with E-state index in [-0.39, 0.29) is 0 Å². The van der Waals surface area contributed by atoms with Crippen LogP contribution in [0.2, 0.25) is 0 Å². The summed E-state index contributed by atoms with van der Waals surface area (Å²) < 4.78 is 11.9. The average molecular weight is 387 g/mol. The molecular weight excluding hydrogens is 365 g/mol. The highest BCUT2D eigenvalue weighted by molar-refractivity contribution is 7.52. The van der Waals surface area contributed by atoms with Gasteiger partial charge in [-0.15, -0.1) is 0 Å². The molecule has 0 saturated heterocycles. The molecule has 0 aromatic heterocycles. The number of hydrogen-bond acceptors (Lipinski definition) is 3. The zero-order valence-electron chi connectivity index (χ0n) is 14.8. The van der Waals surface area contributed by atoms with Crippen LogP contribution in [0.25, 0.3) is 10.8 Å². The smallest absolute Gasteiger partial charge is 0.346 e. The maximum absolute atomic E-state index is 11.9. The Morgan fingerprint density at radius 3 is 2.11 bits per heavy atom. The van der Waals surface area contributed by atoms with E-state index in [4.69, 9.17) is 9.90 Å². The Morgan fingerprint density at radius 1 is 0.963 bits per heavy atom. The highest BCUT2D eigenvalue weighted by atomic mass is 31.2. The topological polar surface area (TPSA) is 107 Å². The van der Waals surface area contributed by atoms with Crippen molar-refractivity contribution in [1.82, 2.24) is 5.32 Å². The van der Waals surface area contributed by atoms with Crippen LogP contribution in [0, 0.1) is 0 Å². The Balaban J connectivity index is 0.000000596. The molecule has 1 unspecified atom stereocenters. The largest absolute Gasteiger partial charge is 0.481 e. The average Bonchev–Trinajstić information content (AvgIpc) is 2.61. The number of nitrogens with one attached hydrogen (secondary N) is 1. The molecule has 0 fully saturated rings. The fraction of sp³-hybridized carbons (Fsp3) is 0.150. The highest BCUT2D eigenvalue weighted by Gasteiger charge is 2.30. The van der Waals surface area contributed by atoms with Gasteiger partial charge in [0.1, 0.15) is 5.78 Å². The summed E-state index contributed by atoms with van der Waals surface area (Å²) in [6, 6.07) is 22.8. The van der Waals surface area contributed by atoms with Gasteiger partial charge in [-0.3, -0.25) is 14.7 Å². The first kappa shape index (κ1) is 20.8. The molecule has 0 saturated carbocycles. The molecular formula is C20H22NO5P. The molecule has 0 radical (unpaired) electrons. The van der Waals surface area contributed by atoms with Crippen LogP contribution in [0.3, 0.4) is 0 Å². The predicted octanol–water partition coefficient (Wildman–Crippen LogP) is 3.90. The van der Waals surface area contributed by atoms with Crippen LogP contribution in [0.4, 0.5) is 0 Å². The van der Waals surface area contributed by atoms with Crippen molar-refractivity contribution in [3.05, 3.63) is 83.9 Å². The van der Waals surface area contributed by atoms with E-state index in [9.17, 15) is 14.4 Å². The fourth-order valence-corrected chi connectivity index (χ4v) is 3.50. The van der Waals surface area contributed by atoms with Crippen LogP contribution >= 0.6 is 7.60 Å². The lowest BCUT2D eigenvalue weighted by atomic mass is 10.1. The quantitative estimate of drug-likeness (QED) is 0.495. The molecule has 1 atom stereocenters. The number of rotatable bonds is 5. The number of aliphatic carboxylic acids is 1. The van der Waals surface area contributed by atoms with Gasteiger partial charge in [-0.1, -0.05) is 66.7 Å². The Morgan fingerprint density at radius 2 is 1.52 bits per heavy atom. The van der Waals surface area contributed by atoms with Crippen LogP contribution in [0.15, 0.2) is 72.8 Å². The summed E-state index contributed by atoms with van der Waals surface area (Å²) in [7, 11) is -4.32. The fourth-order valence-electron chi connectivity index (χ4n) is 2.62. The second-order valence-electron chi connectivity index (χ2n) is 5.98. The minimum Gasteiger partial charge on any atom is -0.481 e. The van der Waals surface area contributed by atoms with Crippen molar-refractivity contribution in [2.24, 2.45) is 0 Å². The molecule has 3 aromatic carbocycles. The van der Waals surface area contributed by atoms with Gasteiger partial charge in [-0.2, -0.15) is 0 Å². The zero-order valence-corrected chi connectivity index (χ0v) is 15.7. The van der Waals surface area contributed by atoms with Gasteiger partial charge in [0.15, 0.2) is 0 Å². The molecule has 0 aliphatic rings. The lowest BCUT2D eigenvalue weighted by Crippen LogP contribution is -2.21. The third-order valence-electron chi connectivity index (χ3n) is 3.77. The summed E-state index contributed by atoms with van der Waals surface area (Å²) >= 11 is 0. The molecule has 0 heterocycles. The maximum Gasteiger partial charge on any atom is 0.346 e. The van der Waals surface area contributed by atoms with Gasteiger partial charge in [-0.25, -0.2) is 0 Å². The molecule has 0 aliphatic heterocycles. The zero-order chi connectivity index (χ0) is 19.9. The monoisotopic (exact) mass is 387 g/mol. The van der Waals surface area contributed by atoms with E-state index in [1.807, 2.05) is 66.7 Å². The van der Waals surface area contributed by atoms with E-state index in [1.54, 1.807) is 6.07 Å². The summed E-state index contributed by atoms with van der Waals surface area (Å²) in [6.07, 6.45) is 0. The summed E-state index contributed by atoms with van der Waals surface area (Å²) in [5, 5.41) is 12.4. The van der Waals surface area contributed by atoms with Crippen LogP contribution < -0.4 is 5.32 Å². The first-order valence-electron chi connectivity index (χ1n) is 8.28. The summed E-state index contributed by atoms with van der Waals surface area (Å²) in [5.41, 5.74) is 1.57. The number of carboxylic acids is 1. The van der Waals surface area contributed by atoms with E-state index in [0.717, 1.165) is 23.3 Å². The molecule has 7 heteroatoms. The van der Waals surface area contributed by atoms with Crippen LogP contribution in [0.5, 0.6) is 0 Å². The van der Waals surface area contributed by atoms with Crippen molar-refractivity contribution in [1.29, 1.82) is 0 Å². The van der Waals surface area contributed by atoms with Crippen molar-refractivity contribution < 1.29 is 24.3 Å². The van der Waals surface area contributed by atoms with Gasteiger partial charge in [0.2, 0.25) is 0 Å². The Labute approximate surface area is 157 Å². The van der Waals surface area contributed by atoms with E-state index < -0.39 is 19.3 Å². The van der Waals surface area contributed by atoms with Crippen molar-refractivity contribution >= 4 is 24.3 Å². The maximum atomic E-state index is 11.9. The second kappa shape index (κ2) is 9.44. The SMILES string of the molecule is CC(=O)O.O=P(O)(O)C(NCc1ccccc1)c1ccc2ccccc2c1. The molecule has 6 nitrogen and oxygen atoms in total. The number of carbonyl (C=O) groups is 1. The Hall–Kier alpha value is -2.50. The minimum absolute atomic E-state index is 0.392. The van der Waals surface area contributed by atoms with Gasteiger partial charge >= 0.3 is 7.60 Å². The standard InChI is InChI=1S/C18H18NO3P.C2H4O2/c20-23(21,22)18(19-13-14-6-2-1-3-7-14)17-11-10-15-8-4-5-9-16(15)12-17;1-2(3)4/h1-12,18-19H,13H2,(H2,20,21,22);1H3,(H,3,4). The molecule has 27 heavy (non-hydrogen) atoms. The van der Waals surface area contributed by atoms with E-state index in [1.165, 1.54) is 0 Å². The lowest BCUT2D eigenvalue weighted by molar-refractivity contribution is -0.134. The summed E-state index contributed by atoms with van der Waals surface area (Å²) in [6.45, 7) is 1.48. The van der Waals surface area contributed by atoms with Crippen LogP contribution in [0.1, 0.15) is 23.8 Å². The Bertz CT molecular complexity index is 935. The summed E-state index contributed by atoms with van der Waals surface area (Å²) in [5.74, 6) is -1.85. The van der Waals surface area contributed by atoms with Crippen LogP contribution in [-0.2, 0) is 15.9 Å². The first-order chi connectivity index (χ1) is 12.8. The third-order valence-corrected chi connectivity index (χ3v) is 4.92. The van der Waals surface area contributed by atoms with Gasteiger partial charge in [0.05, 0.1) is 0 Å². The minimum atomic E-state index is -4.32. The van der Waals surface area contributed by atoms with Gasteiger partial charge < -0.3 is 14.9 Å². The molecule has 4 N–H and O–H groups in total. The first-order valence-corrected chi connectivity index (χ1v) is 9.96. The van der Waals surface area contributed by atoms with Crippen molar-refractivity contribution in [2.45, 2.75) is 19.3 Å². The molecule has 0 spiro atoms. The van der Waals surface area contributed by atoms with Crippen molar-refractivity contribution in [3.8, 4) is 0 Å². The van der Waals surface area contributed by atoms with Crippen molar-refractivity contribution in [3.63, 3.8) is 0 Å². The second-order valence-corrected chi connectivity index (χ2v) is 7.68. The molecule has 0 aliphatic carbocycles. The predicted molar refractivity (Wildman–Crippen MR) is 105 cm³/mol. The van der Waals surface area contributed by atoms with E-state index >= 15 is 0 Å². The molecule has 0 amide bonds. The van der Waals surface area contributed by atoms with Crippen molar-refractivity contribution in [2.75, 3.05) is 0 Å². The van der Waals surface area contributed by atoms with Crippen LogP contribution in [-0.4, -0.2) is 20.9 Å². The lowest BCUT2D eigenvalue weighted by Gasteiger charge is -2.21. The number of fused-ring (bicyclic) bond motifs is 1. The number of hydrogen-bond donors (Lipinski definition) is 4. The van der Waals surface area contributed by atoms with E-state index in [2.05, 4.69) is 5.32 Å². The Kier molecular flexibility index (Phi) is 7.28. The molecule has 142 valence electrons. The molecule has 3 aromatic rings. The molecule has 3 rings (SSSR count). The van der Waals surface area contributed by atoms with Gasteiger partial charge in [0, 0.05) is 13.5 Å². The van der Waals surface area contributed by atoms with E-state index in [0.29, 0.717) is 12.1 Å². The number of carboxylic acid groups (broad SMARTS) is 1. The summed E-state index contributed by atoms with van der Waals surface area (Å²) in [4.78, 5) is 28.5. The van der Waals surface area contributed by atoms with Gasteiger partial charge in [-0.05, 0) is 28.0 Å². The normalized spacial score (nSPS) is 12.1. The van der Waals surface area contributed by atoms with Gasteiger partial charge in [0.25, 0.3) is 5.97 Å².